The van der Waals surface area contributed by atoms with Crippen LogP contribution in [0.2, 0.25) is 5.02 Å². The molecule has 0 aromatic heterocycles. The van der Waals surface area contributed by atoms with E-state index in [1.165, 1.54) is 5.56 Å². The van der Waals surface area contributed by atoms with E-state index >= 15 is 0 Å². The van der Waals surface area contributed by atoms with Crippen molar-refractivity contribution in [3.8, 4) is 6.07 Å². The predicted molar refractivity (Wildman–Crippen MR) is 62.6 cm³/mol. The van der Waals surface area contributed by atoms with E-state index < -0.39 is 0 Å². The van der Waals surface area contributed by atoms with Crippen molar-refractivity contribution in [2.24, 2.45) is 5.92 Å². The zero-order valence-electron chi connectivity index (χ0n) is 9.07. The molecule has 1 atom stereocenters. The van der Waals surface area contributed by atoms with Crippen molar-refractivity contribution in [2.75, 3.05) is 13.6 Å². The number of hydrogen-bond donors (Lipinski definition) is 0. The van der Waals surface area contributed by atoms with Crippen LogP contribution in [0, 0.1) is 17.2 Å². The zero-order valence-corrected chi connectivity index (χ0v) is 9.83. The average molecular weight is 223 g/mol. The van der Waals surface area contributed by atoms with Gasteiger partial charge < -0.3 is 4.90 Å². The standard InChI is InChI=1S/C12H15ClN2/c1-10(7-14)8-15(2)9-11-4-3-5-12(13)6-11/h3-6,10H,8-9H2,1-2H3. The minimum Gasteiger partial charge on any atom is -0.301 e. The molecule has 1 aromatic rings. The lowest BCUT2D eigenvalue weighted by Gasteiger charge is -2.17. The monoisotopic (exact) mass is 222 g/mol. The van der Waals surface area contributed by atoms with E-state index in [9.17, 15) is 0 Å². The van der Waals surface area contributed by atoms with Crippen LogP contribution in [0.15, 0.2) is 24.3 Å². The van der Waals surface area contributed by atoms with Gasteiger partial charge in [0.2, 0.25) is 0 Å². The summed E-state index contributed by atoms with van der Waals surface area (Å²) in [6.07, 6.45) is 0. The molecule has 0 amide bonds. The first kappa shape index (κ1) is 12.0. The Morgan fingerprint density at radius 3 is 2.87 bits per heavy atom. The first-order valence-electron chi connectivity index (χ1n) is 4.94. The van der Waals surface area contributed by atoms with E-state index in [2.05, 4.69) is 11.0 Å². The molecule has 0 radical (unpaired) electrons. The smallest absolute Gasteiger partial charge is 0.0666 e. The van der Waals surface area contributed by atoms with Crippen molar-refractivity contribution in [2.45, 2.75) is 13.5 Å². The third-order valence-electron chi connectivity index (χ3n) is 2.15. The predicted octanol–water partition coefficient (Wildman–Crippen LogP) is 2.93. The molecule has 3 heteroatoms. The molecule has 0 bridgehead atoms. The Kier molecular flexibility index (Phi) is 4.61. The Hall–Kier alpha value is -1.04. The second-order valence-electron chi connectivity index (χ2n) is 3.86. The number of nitrogens with zero attached hydrogens (tertiary/aromatic N) is 2. The van der Waals surface area contributed by atoms with E-state index in [-0.39, 0.29) is 5.92 Å². The Balaban J connectivity index is 2.52. The first-order valence-corrected chi connectivity index (χ1v) is 5.32. The van der Waals surface area contributed by atoms with E-state index in [1.54, 1.807) is 0 Å². The minimum absolute atomic E-state index is 0.0641. The highest BCUT2D eigenvalue weighted by molar-refractivity contribution is 6.30. The van der Waals surface area contributed by atoms with Crippen LogP contribution < -0.4 is 0 Å². The van der Waals surface area contributed by atoms with Gasteiger partial charge >= 0.3 is 0 Å². The molecule has 0 aliphatic carbocycles. The fourth-order valence-corrected chi connectivity index (χ4v) is 1.73. The van der Waals surface area contributed by atoms with Gasteiger partial charge in [-0.15, -0.1) is 0 Å². The van der Waals surface area contributed by atoms with Crippen LogP contribution in [0.3, 0.4) is 0 Å². The lowest BCUT2D eigenvalue weighted by Crippen LogP contribution is -2.23. The Morgan fingerprint density at radius 2 is 2.27 bits per heavy atom. The van der Waals surface area contributed by atoms with Crippen molar-refractivity contribution < 1.29 is 0 Å². The van der Waals surface area contributed by atoms with Crippen molar-refractivity contribution in [1.82, 2.24) is 4.90 Å². The van der Waals surface area contributed by atoms with Crippen molar-refractivity contribution >= 4 is 11.6 Å². The molecule has 0 spiro atoms. The number of rotatable bonds is 4. The molecule has 0 aliphatic heterocycles. The maximum atomic E-state index is 8.70. The second-order valence-corrected chi connectivity index (χ2v) is 4.29. The molecule has 0 N–H and O–H groups in total. The van der Waals surface area contributed by atoms with Gasteiger partial charge in [-0.25, -0.2) is 0 Å². The first-order chi connectivity index (χ1) is 7.11. The summed E-state index contributed by atoms with van der Waals surface area (Å²) in [5.74, 6) is 0.0641. The third kappa shape index (κ3) is 4.33. The molecule has 15 heavy (non-hydrogen) atoms. The van der Waals surface area contributed by atoms with Crippen LogP contribution in [-0.2, 0) is 6.54 Å². The molecule has 1 aromatic carbocycles. The number of benzene rings is 1. The SMILES string of the molecule is CC(C#N)CN(C)Cc1cccc(Cl)c1. The van der Waals surface area contributed by atoms with Gasteiger partial charge in [0.15, 0.2) is 0 Å². The van der Waals surface area contributed by atoms with Gasteiger partial charge in [0.1, 0.15) is 0 Å². The summed E-state index contributed by atoms with van der Waals surface area (Å²) in [7, 11) is 2.01. The summed E-state index contributed by atoms with van der Waals surface area (Å²) >= 11 is 5.89. The summed E-state index contributed by atoms with van der Waals surface area (Å²) in [6, 6.07) is 10.0. The molecule has 1 rings (SSSR count). The largest absolute Gasteiger partial charge is 0.301 e. The Morgan fingerprint density at radius 1 is 1.53 bits per heavy atom. The van der Waals surface area contributed by atoms with Crippen molar-refractivity contribution in [3.05, 3.63) is 34.9 Å². The second kappa shape index (κ2) is 5.75. The zero-order chi connectivity index (χ0) is 11.3. The minimum atomic E-state index is 0.0641. The van der Waals surface area contributed by atoms with E-state index in [0.29, 0.717) is 0 Å². The molecule has 1 unspecified atom stereocenters. The number of halogens is 1. The van der Waals surface area contributed by atoms with Gasteiger partial charge in [0, 0.05) is 18.1 Å². The van der Waals surface area contributed by atoms with Gasteiger partial charge in [-0.3, -0.25) is 0 Å². The third-order valence-corrected chi connectivity index (χ3v) is 2.38. The Bertz CT molecular complexity index is 357. The fraction of sp³-hybridized carbons (Fsp3) is 0.417. The van der Waals surface area contributed by atoms with Gasteiger partial charge in [-0.2, -0.15) is 5.26 Å². The summed E-state index contributed by atoms with van der Waals surface area (Å²) in [6.45, 7) is 3.53. The van der Waals surface area contributed by atoms with Crippen LogP contribution in [-0.4, -0.2) is 18.5 Å². The Labute approximate surface area is 96.1 Å². The van der Waals surface area contributed by atoms with Crippen LogP contribution in [0.4, 0.5) is 0 Å². The maximum absolute atomic E-state index is 8.70. The van der Waals surface area contributed by atoms with Crippen molar-refractivity contribution in [3.63, 3.8) is 0 Å². The van der Waals surface area contributed by atoms with Gasteiger partial charge in [-0.05, 0) is 31.7 Å². The van der Waals surface area contributed by atoms with Crippen LogP contribution in [0.1, 0.15) is 12.5 Å². The maximum Gasteiger partial charge on any atom is 0.0666 e. The summed E-state index contributed by atoms with van der Waals surface area (Å²) in [5, 5.41) is 9.45. The van der Waals surface area contributed by atoms with Crippen LogP contribution in [0.5, 0.6) is 0 Å². The van der Waals surface area contributed by atoms with Gasteiger partial charge in [-0.1, -0.05) is 23.7 Å². The van der Waals surface area contributed by atoms with Crippen molar-refractivity contribution in [1.29, 1.82) is 5.26 Å². The number of nitriles is 1. The molecule has 0 fully saturated rings. The van der Waals surface area contributed by atoms with Gasteiger partial charge in [0.05, 0.1) is 12.0 Å². The molecule has 0 heterocycles. The molecular formula is C12H15ClN2. The number of hydrogen-bond acceptors (Lipinski definition) is 2. The van der Waals surface area contributed by atoms with E-state index in [4.69, 9.17) is 16.9 Å². The highest BCUT2D eigenvalue weighted by Crippen LogP contribution is 2.12. The molecular weight excluding hydrogens is 208 g/mol. The lowest BCUT2D eigenvalue weighted by molar-refractivity contribution is 0.303. The van der Waals surface area contributed by atoms with E-state index in [1.807, 2.05) is 38.2 Å². The van der Waals surface area contributed by atoms with Gasteiger partial charge in [0.25, 0.3) is 0 Å². The molecule has 0 saturated carbocycles. The summed E-state index contributed by atoms with van der Waals surface area (Å²) in [5.41, 5.74) is 1.18. The highest BCUT2D eigenvalue weighted by atomic mass is 35.5. The molecule has 80 valence electrons. The summed E-state index contributed by atoms with van der Waals surface area (Å²) in [4.78, 5) is 2.12. The normalized spacial score (nSPS) is 12.5. The van der Waals surface area contributed by atoms with Crippen LogP contribution >= 0.6 is 11.6 Å². The topological polar surface area (TPSA) is 27.0 Å². The average Bonchev–Trinajstić information content (AvgIpc) is 2.17. The highest BCUT2D eigenvalue weighted by Gasteiger charge is 2.05. The van der Waals surface area contributed by atoms with E-state index in [0.717, 1.165) is 18.1 Å². The lowest BCUT2D eigenvalue weighted by atomic mass is 10.1. The summed E-state index contributed by atoms with van der Waals surface area (Å²) < 4.78 is 0. The quantitative estimate of drug-likeness (QED) is 0.783. The molecule has 2 nitrogen and oxygen atoms in total. The molecule has 0 saturated heterocycles. The fourth-order valence-electron chi connectivity index (χ4n) is 1.52. The molecule has 0 aliphatic rings. The van der Waals surface area contributed by atoms with Crippen LogP contribution in [0.25, 0.3) is 0 Å².